The second-order valence-corrected chi connectivity index (χ2v) is 6.67. The van der Waals surface area contributed by atoms with Crippen molar-refractivity contribution >= 4 is 24.3 Å². The largest absolute Gasteiger partial charge is 0.494 e. The normalized spacial score (nSPS) is 23.9. The molecule has 0 saturated carbocycles. The van der Waals surface area contributed by atoms with E-state index in [-0.39, 0.29) is 18.3 Å². The fraction of sp³-hybridized carbons (Fsp3) is 0.538. The van der Waals surface area contributed by atoms with Crippen LogP contribution in [0, 0.1) is 0 Å². The molecule has 0 amide bonds. The molecule has 18 heavy (non-hydrogen) atoms. The van der Waals surface area contributed by atoms with Crippen molar-refractivity contribution in [1.82, 2.24) is 0 Å². The molecule has 0 aromatic heterocycles. The average Bonchev–Trinajstić information content (AvgIpc) is 2.80. The number of hydrogen-bond donors (Lipinski definition) is 0. The Bertz CT molecular complexity index is 471. The standard InChI is InChI=1S/C13H17BO3S/c1-12(2)13(3,4)17-14(16-12)9-5-6-10-11(7-9)18-8-15-10/h5-7H,8H2,1-4H3. The van der Waals surface area contributed by atoms with Gasteiger partial charge in [-0.1, -0.05) is 17.8 Å². The minimum absolute atomic E-state index is 0.290. The van der Waals surface area contributed by atoms with E-state index in [1.54, 1.807) is 11.8 Å². The van der Waals surface area contributed by atoms with Gasteiger partial charge in [0.2, 0.25) is 0 Å². The molecule has 2 aliphatic rings. The zero-order valence-corrected chi connectivity index (χ0v) is 12.0. The minimum atomic E-state index is -0.291. The minimum Gasteiger partial charge on any atom is -0.481 e. The first-order valence-electron chi connectivity index (χ1n) is 6.14. The van der Waals surface area contributed by atoms with Gasteiger partial charge in [-0.3, -0.25) is 0 Å². The second kappa shape index (κ2) is 3.92. The molecular formula is C13H17BO3S. The molecule has 2 heterocycles. The van der Waals surface area contributed by atoms with Crippen LogP contribution in [0.25, 0.3) is 0 Å². The van der Waals surface area contributed by atoms with Gasteiger partial charge in [0.25, 0.3) is 0 Å². The Morgan fingerprint density at radius 3 is 2.44 bits per heavy atom. The number of ether oxygens (including phenoxy) is 1. The highest BCUT2D eigenvalue weighted by molar-refractivity contribution is 7.99. The maximum atomic E-state index is 6.04. The van der Waals surface area contributed by atoms with Gasteiger partial charge in [0.1, 0.15) is 11.7 Å². The molecule has 5 heteroatoms. The molecule has 0 N–H and O–H groups in total. The van der Waals surface area contributed by atoms with E-state index in [0.29, 0.717) is 5.94 Å². The summed E-state index contributed by atoms with van der Waals surface area (Å²) in [5.41, 5.74) is 0.478. The second-order valence-electron chi connectivity index (χ2n) is 5.70. The molecule has 1 fully saturated rings. The first-order chi connectivity index (χ1) is 8.39. The molecule has 0 bridgehead atoms. The Morgan fingerprint density at radius 2 is 1.78 bits per heavy atom. The van der Waals surface area contributed by atoms with Crippen LogP contribution >= 0.6 is 11.8 Å². The lowest BCUT2D eigenvalue weighted by atomic mass is 9.79. The third-order valence-corrected chi connectivity index (χ3v) is 4.79. The van der Waals surface area contributed by atoms with Crippen LogP contribution in [0.5, 0.6) is 5.75 Å². The fourth-order valence-electron chi connectivity index (χ4n) is 2.04. The van der Waals surface area contributed by atoms with Gasteiger partial charge < -0.3 is 14.0 Å². The van der Waals surface area contributed by atoms with Crippen molar-refractivity contribution in [3.8, 4) is 5.75 Å². The van der Waals surface area contributed by atoms with Gasteiger partial charge in [0.05, 0.1) is 16.1 Å². The molecule has 0 atom stereocenters. The molecule has 3 rings (SSSR count). The highest BCUT2D eigenvalue weighted by Gasteiger charge is 2.51. The topological polar surface area (TPSA) is 27.7 Å². The molecule has 0 spiro atoms. The van der Waals surface area contributed by atoms with Gasteiger partial charge in [-0.15, -0.1) is 0 Å². The van der Waals surface area contributed by atoms with Gasteiger partial charge >= 0.3 is 7.12 Å². The van der Waals surface area contributed by atoms with E-state index >= 15 is 0 Å². The SMILES string of the molecule is CC1(C)OB(c2ccc3c(c2)SCO3)OC1(C)C. The molecule has 2 aliphatic heterocycles. The molecule has 1 saturated heterocycles. The maximum absolute atomic E-state index is 6.04. The Morgan fingerprint density at radius 1 is 1.11 bits per heavy atom. The summed E-state index contributed by atoms with van der Waals surface area (Å²) >= 11 is 1.71. The number of benzene rings is 1. The molecule has 0 unspecified atom stereocenters. The number of thioether (sulfide) groups is 1. The zero-order valence-electron chi connectivity index (χ0n) is 11.1. The Labute approximate surface area is 112 Å². The summed E-state index contributed by atoms with van der Waals surface area (Å²) in [7, 11) is -0.290. The maximum Gasteiger partial charge on any atom is 0.494 e. The summed E-state index contributed by atoms with van der Waals surface area (Å²) in [6.45, 7) is 8.27. The molecule has 3 nitrogen and oxygen atoms in total. The summed E-state index contributed by atoms with van der Waals surface area (Å²) in [6.07, 6.45) is 0. The predicted molar refractivity (Wildman–Crippen MR) is 73.5 cm³/mol. The summed E-state index contributed by atoms with van der Waals surface area (Å²) in [6, 6.07) is 6.12. The lowest BCUT2D eigenvalue weighted by Gasteiger charge is -2.32. The van der Waals surface area contributed by atoms with Crippen molar-refractivity contribution < 1.29 is 14.0 Å². The van der Waals surface area contributed by atoms with Crippen LogP contribution in [0.15, 0.2) is 23.1 Å². The molecule has 96 valence electrons. The molecule has 1 aromatic rings. The zero-order chi connectivity index (χ0) is 13.0. The molecule has 0 radical (unpaired) electrons. The van der Waals surface area contributed by atoms with Crippen LogP contribution in [0.2, 0.25) is 0 Å². The van der Waals surface area contributed by atoms with Gasteiger partial charge in [-0.25, -0.2) is 0 Å². The van der Waals surface area contributed by atoms with E-state index in [1.165, 1.54) is 4.90 Å². The quantitative estimate of drug-likeness (QED) is 0.728. The van der Waals surface area contributed by atoms with Gasteiger partial charge in [-0.2, -0.15) is 0 Å². The van der Waals surface area contributed by atoms with Crippen molar-refractivity contribution in [3.05, 3.63) is 18.2 Å². The summed E-state index contributed by atoms with van der Waals surface area (Å²) < 4.78 is 17.6. The van der Waals surface area contributed by atoms with Crippen LogP contribution in [-0.4, -0.2) is 24.3 Å². The van der Waals surface area contributed by atoms with Crippen molar-refractivity contribution in [1.29, 1.82) is 0 Å². The number of hydrogen-bond acceptors (Lipinski definition) is 4. The Kier molecular flexibility index (Phi) is 2.70. The van der Waals surface area contributed by atoms with Crippen LogP contribution in [0.3, 0.4) is 0 Å². The lowest BCUT2D eigenvalue weighted by Crippen LogP contribution is -2.41. The summed E-state index contributed by atoms with van der Waals surface area (Å²) in [5.74, 6) is 1.66. The third-order valence-electron chi connectivity index (χ3n) is 3.92. The Balaban J connectivity index is 1.89. The van der Waals surface area contributed by atoms with Crippen LogP contribution in [0.4, 0.5) is 0 Å². The van der Waals surface area contributed by atoms with Crippen LogP contribution < -0.4 is 10.2 Å². The van der Waals surface area contributed by atoms with Gasteiger partial charge in [0, 0.05) is 0 Å². The smallest absolute Gasteiger partial charge is 0.481 e. The number of rotatable bonds is 1. The van der Waals surface area contributed by atoms with E-state index in [1.807, 2.05) is 12.1 Å². The van der Waals surface area contributed by atoms with Crippen molar-refractivity contribution in [2.45, 2.75) is 43.8 Å². The summed E-state index contributed by atoms with van der Waals surface area (Å²) in [4.78, 5) is 1.17. The van der Waals surface area contributed by atoms with Crippen LogP contribution in [-0.2, 0) is 9.31 Å². The lowest BCUT2D eigenvalue weighted by molar-refractivity contribution is 0.00578. The fourth-order valence-corrected chi connectivity index (χ4v) is 2.84. The van der Waals surface area contributed by atoms with E-state index in [2.05, 4.69) is 33.8 Å². The number of fused-ring (bicyclic) bond motifs is 1. The van der Waals surface area contributed by atoms with E-state index < -0.39 is 0 Å². The molecule has 0 aliphatic carbocycles. The molecular weight excluding hydrogens is 247 g/mol. The van der Waals surface area contributed by atoms with E-state index in [9.17, 15) is 0 Å². The monoisotopic (exact) mass is 264 g/mol. The average molecular weight is 264 g/mol. The first-order valence-corrected chi connectivity index (χ1v) is 7.13. The Hall–Kier alpha value is -0.645. The van der Waals surface area contributed by atoms with Crippen molar-refractivity contribution in [3.63, 3.8) is 0 Å². The first kappa shape index (κ1) is 12.4. The van der Waals surface area contributed by atoms with Gasteiger partial charge in [-0.05, 0) is 45.3 Å². The predicted octanol–water partition coefficient (Wildman–Crippen LogP) is 2.43. The van der Waals surface area contributed by atoms with E-state index in [4.69, 9.17) is 14.0 Å². The van der Waals surface area contributed by atoms with E-state index in [0.717, 1.165) is 11.2 Å². The highest BCUT2D eigenvalue weighted by atomic mass is 32.2. The third kappa shape index (κ3) is 1.85. The van der Waals surface area contributed by atoms with Crippen LogP contribution in [0.1, 0.15) is 27.7 Å². The molecule has 1 aromatic carbocycles. The van der Waals surface area contributed by atoms with Gasteiger partial charge in [0.15, 0.2) is 0 Å². The highest BCUT2D eigenvalue weighted by Crippen LogP contribution is 2.38. The summed E-state index contributed by atoms with van der Waals surface area (Å²) in [5, 5.41) is 0. The van der Waals surface area contributed by atoms with Crippen molar-refractivity contribution in [2.24, 2.45) is 0 Å². The van der Waals surface area contributed by atoms with Crippen molar-refractivity contribution in [2.75, 3.05) is 5.94 Å².